The molecule has 0 saturated carbocycles. The van der Waals surface area contributed by atoms with Gasteiger partial charge in [-0.25, -0.2) is 4.98 Å². The van der Waals surface area contributed by atoms with Crippen molar-refractivity contribution < 1.29 is 9.53 Å². The van der Waals surface area contributed by atoms with Gasteiger partial charge < -0.3 is 10.1 Å². The third kappa shape index (κ3) is 4.84. The van der Waals surface area contributed by atoms with E-state index in [0.29, 0.717) is 16.6 Å². The number of ether oxygens (including phenoxy) is 1. The minimum Gasteiger partial charge on any atom is -0.455 e. The van der Waals surface area contributed by atoms with Gasteiger partial charge in [0.1, 0.15) is 11.6 Å². The topological polar surface area (TPSA) is 79.9 Å². The van der Waals surface area contributed by atoms with E-state index in [4.69, 9.17) is 4.74 Å². The van der Waals surface area contributed by atoms with Crippen LogP contribution in [0.25, 0.3) is 0 Å². The number of hydrogen-bond acceptors (Lipinski definition) is 5. The van der Waals surface area contributed by atoms with Crippen LogP contribution in [0.2, 0.25) is 0 Å². The maximum absolute atomic E-state index is 12.2. The monoisotopic (exact) mass is 354 g/mol. The van der Waals surface area contributed by atoms with Gasteiger partial charge in [-0.2, -0.15) is 0 Å². The molecule has 7 heteroatoms. The molecule has 3 rings (SSSR count). The van der Waals surface area contributed by atoms with Crippen molar-refractivity contribution in [2.24, 2.45) is 0 Å². The molecule has 3 aromatic rings. The van der Waals surface area contributed by atoms with E-state index >= 15 is 0 Å². The first-order chi connectivity index (χ1) is 12.1. The highest BCUT2D eigenvalue weighted by atomic mass is 32.2. The zero-order valence-electron chi connectivity index (χ0n) is 13.9. The quantitative estimate of drug-likeness (QED) is 0.655. The summed E-state index contributed by atoms with van der Waals surface area (Å²) >= 11 is 1.27. The molecule has 2 aromatic carbocycles. The number of carbonyl (C=O) groups is 1. The number of carbonyl (C=O) groups excluding carboxylic acids is 1. The van der Waals surface area contributed by atoms with Gasteiger partial charge in [0, 0.05) is 0 Å². The maximum Gasteiger partial charge on any atom is 0.234 e. The lowest BCUT2D eigenvalue weighted by Crippen LogP contribution is -2.14. The molecule has 0 aliphatic rings. The second kappa shape index (κ2) is 7.85. The molecule has 0 unspecified atom stereocenters. The molecule has 0 fully saturated rings. The number of benzene rings is 2. The van der Waals surface area contributed by atoms with Gasteiger partial charge in [-0.05, 0) is 38.1 Å². The Morgan fingerprint density at radius 1 is 1.16 bits per heavy atom. The van der Waals surface area contributed by atoms with Gasteiger partial charge in [-0.1, -0.05) is 41.6 Å². The number of H-pyrrole nitrogens is 1. The Morgan fingerprint density at radius 3 is 2.64 bits per heavy atom. The second-order valence-electron chi connectivity index (χ2n) is 5.45. The summed E-state index contributed by atoms with van der Waals surface area (Å²) in [5.41, 5.74) is 1.79. The van der Waals surface area contributed by atoms with Gasteiger partial charge in [-0.15, -0.1) is 5.10 Å². The average molecular weight is 354 g/mol. The predicted octanol–water partition coefficient (Wildman–Crippen LogP) is 3.94. The zero-order chi connectivity index (χ0) is 17.6. The Hall–Kier alpha value is -2.80. The van der Waals surface area contributed by atoms with Crippen LogP contribution in [0.3, 0.4) is 0 Å². The van der Waals surface area contributed by atoms with Gasteiger partial charge >= 0.3 is 0 Å². The lowest BCUT2D eigenvalue weighted by atomic mass is 10.2. The van der Waals surface area contributed by atoms with Crippen LogP contribution in [0.15, 0.2) is 53.7 Å². The minimum atomic E-state index is -0.146. The summed E-state index contributed by atoms with van der Waals surface area (Å²) in [6, 6.07) is 15.1. The summed E-state index contributed by atoms with van der Waals surface area (Å²) in [5, 5.41) is 10.2. The molecule has 0 aliphatic heterocycles. The van der Waals surface area contributed by atoms with Crippen molar-refractivity contribution in [3.8, 4) is 11.5 Å². The Balaban J connectivity index is 1.63. The van der Waals surface area contributed by atoms with E-state index in [1.165, 1.54) is 11.8 Å². The maximum atomic E-state index is 12.2. The van der Waals surface area contributed by atoms with Gasteiger partial charge in [0.25, 0.3) is 0 Å². The largest absolute Gasteiger partial charge is 0.455 e. The number of nitrogens with zero attached hydrogens (tertiary/aromatic N) is 2. The fourth-order valence-electron chi connectivity index (χ4n) is 2.10. The van der Waals surface area contributed by atoms with Crippen LogP contribution in [0.1, 0.15) is 11.4 Å². The van der Waals surface area contributed by atoms with E-state index in [1.807, 2.05) is 62.4 Å². The van der Waals surface area contributed by atoms with Gasteiger partial charge in [0.15, 0.2) is 5.75 Å². The van der Waals surface area contributed by atoms with E-state index in [1.54, 1.807) is 0 Å². The number of para-hydroxylation sites is 2. The van der Waals surface area contributed by atoms with Crippen molar-refractivity contribution in [3.63, 3.8) is 0 Å². The standard InChI is InChI=1S/C18H18N4O2S/c1-12-7-9-14(10-8-12)24-16-6-4-3-5-15(16)20-17(23)11-25-18-19-13(2)21-22-18/h3-10H,11H2,1-2H3,(H,20,23)(H,19,21,22). The number of rotatable bonds is 6. The average Bonchev–Trinajstić information content (AvgIpc) is 3.02. The highest BCUT2D eigenvalue weighted by molar-refractivity contribution is 7.99. The number of thioether (sulfide) groups is 1. The van der Waals surface area contributed by atoms with Gasteiger partial charge in [-0.3, -0.25) is 9.89 Å². The third-order valence-corrected chi connectivity index (χ3v) is 4.17. The van der Waals surface area contributed by atoms with Crippen molar-refractivity contribution in [2.45, 2.75) is 19.0 Å². The number of aromatic amines is 1. The van der Waals surface area contributed by atoms with Crippen LogP contribution in [-0.2, 0) is 4.79 Å². The van der Waals surface area contributed by atoms with E-state index < -0.39 is 0 Å². The summed E-state index contributed by atoms with van der Waals surface area (Å²) in [6.07, 6.45) is 0. The normalized spacial score (nSPS) is 10.5. The van der Waals surface area contributed by atoms with Crippen LogP contribution >= 0.6 is 11.8 Å². The van der Waals surface area contributed by atoms with Gasteiger partial charge in [0.05, 0.1) is 11.4 Å². The molecule has 1 heterocycles. The van der Waals surface area contributed by atoms with E-state index in [9.17, 15) is 4.79 Å². The number of amides is 1. The Morgan fingerprint density at radius 2 is 1.92 bits per heavy atom. The van der Waals surface area contributed by atoms with Crippen molar-refractivity contribution in [3.05, 3.63) is 59.9 Å². The summed E-state index contributed by atoms with van der Waals surface area (Å²) in [5.74, 6) is 2.11. The molecule has 1 amide bonds. The number of nitrogens with one attached hydrogen (secondary N) is 2. The fraction of sp³-hybridized carbons (Fsp3) is 0.167. The summed E-state index contributed by atoms with van der Waals surface area (Å²) in [6.45, 7) is 3.83. The molecule has 1 aromatic heterocycles. The summed E-state index contributed by atoms with van der Waals surface area (Å²) in [4.78, 5) is 16.4. The Bertz CT molecular complexity index is 862. The lowest BCUT2D eigenvalue weighted by molar-refractivity contribution is -0.113. The molecular formula is C18H18N4O2S. The first-order valence-electron chi connectivity index (χ1n) is 7.75. The molecule has 0 atom stereocenters. The Labute approximate surface area is 150 Å². The number of aryl methyl sites for hydroxylation is 2. The van der Waals surface area contributed by atoms with Crippen molar-refractivity contribution >= 4 is 23.4 Å². The molecule has 0 saturated heterocycles. The van der Waals surface area contributed by atoms with E-state index in [-0.39, 0.29) is 11.7 Å². The molecule has 2 N–H and O–H groups in total. The molecule has 25 heavy (non-hydrogen) atoms. The summed E-state index contributed by atoms with van der Waals surface area (Å²) in [7, 11) is 0. The molecule has 6 nitrogen and oxygen atoms in total. The molecule has 0 aliphatic carbocycles. The predicted molar refractivity (Wildman–Crippen MR) is 98.2 cm³/mol. The van der Waals surface area contributed by atoms with Crippen molar-refractivity contribution in [1.82, 2.24) is 15.2 Å². The lowest BCUT2D eigenvalue weighted by Gasteiger charge is -2.12. The smallest absolute Gasteiger partial charge is 0.234 e. The zero-order valence-corrected chi connectivity index (χ0v) is 14.8. The fourth-order valence-corrected chi connectivity index (χ4v) is 2.74. The molecular weight excluding hydrogens is 336 g/mol. The SMILES string of the molecule is Cc1ccc(Oc2ccccc2NC(=O)CSc2n[nH]c(C)n2)cc1. The molecule has 0 spiro atoms. The molecule has 128 valence electrons. The van der Waals surface area contributed by atoms with Crippen LogP contribution in [0.5, 0.6) is 11.5 Å². The van der Waals surface area contributed by atoms with Crippen LogP contribution < -0.4 is 10.1 Å². The highest BCUT2D eigenvalue weighted by Gasteiger charge is 2.10. The molecule has 0 radical (unpaired) electrons. The number of hydrogen-bond donors (Lipinski definition) is 2. The van der Waals surface area contributed by atoms with E-state index in [2.05, 4.69) is 20.5 Å². The minimum absolute atomic E-state index is 0.146. The van der Waals surface area contributed by atoms with Gasteiger partial charge in [0.2, 0.25) is 11.1 Å². The van der Waals surface area contributed by atoms with Crippen LogP contribution in [-0.4, -0.2) is 26.8 Å². The van der Waals surface area contributed by atoms with Crippen LogP contribution in [0.4, 0.5) is 5.69 Å². The van der Waals surface area contributed by atoms with E-state index in [0.717, 1.165) is 17.1 Å². The highest BCUT2D eigenvalue weighted by Crippen LogP contribution is 2.29. The molecule has 0 bridgehead atoms. The Kier molecular flexibility index (Phi) is 5.35. The second-order valence-corrected chi connectivity index (χ2v) is 6.39. The number of anilines is 1. The van der Waals surface area contributed by atoms with Crippen molar-refractivity contribution in [1.29, 1.82) is 0 Å². The third-order valence-electron chi connectivity index (χ3n) is 3.32. The summed E-state index contributed by atoms with van der Waals surface area (Å²) < 4.78 is 5.88. The van der Waals surface area contributed by atoms with Crippen LogP contribution in [0, 0.1) is 13.8 Å². The first kappa shape index (κ1) is 17.0. The van der Waals surface area contributed by atoms with Crippen molar-refractivity contribution in [2.75, 3.05) is 11.1 Å². The number of aromatic nitrogens is 3. The first-order valence-corrected chi connectivity index (χ1v) is 8.74.